The van der Waals surface area contributed by atoms with Crippen molar-refractivity contribution >= 4 is 0 Å². The summed E-state index contributed by atoms with van der Waals surface area (Å²) in [7, 11) is 0. The minimum absolute atomic E-state index is 0.132. The number of nitrogens with two attached hydrogens (primary N) is 1. The fourth-order valence-corrected chi connectivity index (χ4v) is 1.73. The maximum Gasteiger partial charge on any atom is 0.175 e. The van der Waals surface area contributed by atoms with Crippen LogP contribution in [0.3, 0.4) is 0 Å². The van der Waals surface area contributed by atoms with Crippen molar-refractivity contribution in [3.63, 3.8) is 0 Å². The molecule has 0 saturated carbocycles. The fourth-order valence-electron chi connectivity index (χ4n) is 1.73. The van der Waals surface area contributed by atoms with Gasteiger partial charge in [0.25, 0.3) is 0 Å². The van der Waals surface area contributed by atoms with Gasteiger partial charge in [0.2, 0.25) is 0 Å². The Morgan fingerprint density at radius 3 is 2.33 bits per heavy atom. The SMILES string of the molecule is CC(C)(C)CCOC1OC(CO)C(O)C(O)C1N. The lowest BCUT2D eigenvalue weighted by Gasteiger charge is -2.40. The summed E-state index contributed by atoms with van der Waals surface area (Å²) in [6, 6.07) is -0.817. The first-order chi connectivity index (χ1) is 8.26. The summed E-state index contributed by atoms with van der Waals surface area (Å²) in [5, 5.41) is 28.4. The first-order valence-electron chi connectivity index (χ1n) is 6.26. The number of aliphatic hydroxyl groups is 3. The molecule has 5 atom stereocenters. The number of aliphatic hydroxyl groups excluding tert-OH is 3. The molecule has 0 aromatic carbocycles. The average molecular weight is 263 g/mol. The summed E-state index contributed by atoms with van der Waals surface area (Å²) >= 11 is 0. The number of ether oxygens (including phenoxy) is 2. The van der Waals surface area contributed by atoms with E-state index in [2.05, 4.69) is 20.8 Å². The topological polar surface area (TPSA) is 105 Å². The van der Waals surface area contributed by atoms with Crippen LogP contribution in [0.2, 0.25) is 0 Å². The largest absolute Gasteiger partial charge is 0.394 e. The highest BCUT2D eigenvalue weighted by atomic mass is 16.7. The van der Waals surface area contributed by atoms with Gasteiger partial charge in [-0.3, -0.25) is 0 Å². The molecule has 0 aromatic heterocycles. The van der Waals surface area contributed by atoms with Crippen LogP contribution in [-0.2, 0) is 9.47 Å². The standard InChI is InChI=1S/C12H25NO5/c1-12(2,3)4-5-17-11-8(13)10(16)9(15)7(6-14)18-11/h7-11,14-16H,4-6,13H2,1-3H3. The molecule has 1 aliphatic heterocycles. The molecule has 0 radical (unpaired) electrons. The normalized spacial score (nSPS) is 37.8. The Labute approximate surface area is 108 Å². The van der Waals surface area contributed by atoms with Crippen molar-refractivity contribution in [2.45, 2.75) is 57.8 Å². The van der Waals surface area contributed by atoms with Crippen molar-refractivity contribution in [2.24, 2.45) is 11.1 Å². The molecule has 108 valence electrons. The molecule has 6 heteroatoms. The lowest BCUT2D eigenvalue weighted by atomic mass is 9.93. The number of hydrogen-bond donors (Lipinski definition) is 4. The van der Waals surface area contributed by atoms with E-state index in [-0.39, 0.29) is 12.0 Å². The van der Waals surface area contributed by atoms with Gasteiger partial charge in [-0.1, -0.05) is 20.8 Å². The van der Waals surface area contributed by atoms with Crippen LogP contribution in [0.1, 0.15) is 27.2 Å². The summed E-state index contributed by atoms with van der Waals surface area (Å²) in [6.45, 7) is 6.33. The Morgan fingerprint density at radius 2 is 1.83 bits per heavy atom. The van der Waals surface area contributed by atoms with Crippen LogP contribution in [0.25, 0.3) is 0 Å². The first-order valence-corrected chi connectivity index (χ1v) is 6.26. The van der Waals surface area contributed by atoms with Gasteiger partial charge in [-0.2, -0.15) is 0 Å². The minimum atomic E-state index is -1.19. The van der Waals surface area contributed by atoms with Crippen molar-refractivity contribution < 1.29 is 24.8 Å². The maximum atomic E-state index is 9.73. The van der Waals surface area contributed by atoms with Gasteiger partial charge in [-0.15, -0.1) is 0 Å². The van der Waals surface area contributed by atoms with Crippen LogP contribution < -0.4 is 5.73 Å². The Balaban J connectivity index is 2.49. The Kier molecular flexibility index (Phi) is 5.51. The van der Waals surface area contributed by atoms with E-state index in [1.54, 1.807) is 0 Å². The highest BCUT2D eigenvalue weighted by molar-refractivity contribution is 4.91. The molecule has 5 N–H and O–H groups in total. The summed E-state index contributed by atoms with van der Waals surface area (Å²) in [4.78, 5) is 0. The van der Waals surface area contributed by atoms with Gasteiger partial charge < -0.3 is 30.5 Å². The Morgan fingerprint density at radius 1 is 1.22 bits per heavy atom. The molecule has 0 bridgehead atoms. The van der Waals surface area contributed by atoms with E-state index in [0.717, 1.165) is 6.42 Å². The molecule has 1 fully saturated rings. The van der Waals surface area contributed by atoms with E-state index >= 15 is 0 Å². The molecule has 6 nitrogen and oxygen atoms in total. The highest BCUT2D eigenvalue weighted by Gasteiger charge is 2.42. The zero-order valence-electron chi connectivity index (χ0n) is 11.2. The molecule has 1 rings (SSSR count). The molecule has 18 heavy (non-hydrogen) atoms. The third-order valence-corrected chi connectivity index (χ3v) is 3.06. The van der Waals surface area contributed by atoms with E-state index in [1.807, 2.05) is 0 Å². The van der Waals surface area contributed by atoms with Gasteiger partial charge in [0.1, 0.15) is 18.3 Å². The molecular formula is C12H25NO5. The summed E-state index contributed by atoms with van der Waals surface area (Å²) in [6.07, 6.45) is -3.19. The lowest BCUT2D eigenvalue weighted by molar-refractivity contribution is -0.266. The van der Waals surface area contributed by atoms with Crippen LogP contribution >= 0.6 is 0 Å². The molecule has 1 aliphatic rings. The lowest BCUT2D eigenvalue weighted by Crippen LogP contribution is -2.62. The number of rotatable bonds is 4. The average Bonchev–Trinajstić information content (AvgIpc) is 2.27. The third kappa shape index (κ3) is 4.15. The highest BCUT2D eigenvalue weighted by Crippen LogP contribution is 2.23. The third-order valence-electron chi connectivity index (χ3n) is 3.06. The van der Waals surface area contributed by atoms with Crippen molar-refractivity contribution in [1.29, 1.82) is 0 Å². The molecule has 0 aromatic rings. The molecule has 0 amide bonds. The minimum Gasteiger partial charge on any atom is -0.394 e. The Bertz CT molecular complexity index is 253. The van der Waals surface area contributed by atoms with Crippen LogP contribution in [0.5, 0.6) is 0 Å². The smallest absolute Gasteiger partial charge is 0.175 e. The molecule has 5 unspecified atom stereocenters. The van der Waals surface area contributed by atoms with E-state index in [9.17, 15) is 10.2 Å². The van der Waals surface area contributed by atoms with E-state index in [4.69, 9.17) is 20.3 Å². The maximum absolute atomic E-state index is 9.73. The zero-order chi connectivity index (χ0) is 13.9. The molecule has 0 spiro atoms. The van der Waals surface area contributed by atoms with Crippen molar-refractivity contribution in [3.8, 4) is 0 Å². The summed E-state index contributed by atoms with van der Waals surface area (Å²) in [5.74, 6) is 0. The van der Waals surface area contributed by atoms with E-state index in [1.165, 1.54) is 0 Å². The van der Waals surface area contributed by atoms with Gasteiger partial charge in [0.15, 0.2) is 6.29 Å². The molecule has 1 saturated heterocycles. The van der Waals surface area contributed by atoms with E-state index in [0.29, 0.717) is 6.61 Å². The van der Waals surface area contributed by atoms with Crippen molar-refractivity contribution in [1.82, 2.24) is 0 Å². The summed E-state index contributed by atoms with van der Waals surface area (Å²) < 4.78 is 10.8. The molecular weight excluding hydrogens is 238 g/mol. The quantitative estimate of drug-likeness (QED) is 0.529. The van der Waals surface area contributed by atoms with Crippen LogP contribution in [0.4, 0.5) is 0 Å². The van der Waals surface area contributed by atoms with Gasteiger partial charge in [-0.05, 0) is 11.8 Å². The van der Waals surface area contributed by atoms with Crippen LogP contribution in [-0.4, -0.2) is 59.2 Å². The molecule has 1 heterocycles. The second-order valence-corrected chi connectivity index (χ2v) is 5.97. The zero-order valence-corrected chi connectivity index (χ0v) is 11.2. The molecule has 0 aliphatic carbocycles. The van der Waals surface area contributed by atoms with Gasteiger partial charge in [0.05, 0.1) is 19.3 Å². The Hall–Kier alpha value is -0.240. The van der Waals surface area contributed by atoms with Gasteiger partial charge in [0, 0.05) is 0 Å². The van der Waals surface area contributed by atoms with Crippen molar-refractivity contribution in [3.05, 3.63) is 0 Å². The van der Waals surface area contributed by atoms with Crippen molar-refractivity contribution in [2.75, 3.05) is 13.2 Å². The fraction of sp³-hybridized carbons (Fsp3) is 1.00. The second kappa shape index (κ2) is 6.27. The van der Waals surface area contributed by atoms with Crippen LogP contribution in [0, 0.1) is 5.41 Å². The van der Waals surface area contributed by atoms with Gasteiger partial charge >= 0.3 is 0 Å². The van der Waals surface area contributed by atoms with E-state index < -0.39 is 30.6 Å². The summed E-state index contributed by atoms with van der Waals surface area (Å²) in [5.41, 5.74) is 5.87. The monoisotopic (exact) mass is 263 g/mol. The predicted octanol–water partition coefficient (Wildman–Crippen LogP) is -0.794. The first kappa shape index (κ1) is 15.8. The predicted molar refractivity (Wildman–Crippen MR) is 65.8 cm³/mol. The van der Waals surface area contributed by atoms with Crippen LogP contribution in [0.15, 0.2) is 0 Å². The second-order valence-electron chi connectivity index (χ2n) is 5.97. The van der Waals surface area contributed by atoms with Gasteiger partial charge in [-0.25, -0.2) is 0 Å². The number of hydrogen-bond acceptors (Lipinski definition) is 6.